The molecule has 1 atom stereocenters. The second-order valence-electron chi connectivity index (χ2n) is 4.58. The van der Waals surface area contributed by atoms with Crippen LogP contribution in [0.1, 0.15) is 34.1 Å². The van der Waals surface area contributed by atoms with Crippen LogP contribution >= 0.6 is 0 Å². The van der Waals surface area contributed by atoms with Crippen LogP contribution in [0.15, 0.2) is 0 Å². The van der Waals surface area contributed by atoms with Gasteiger partial charge in [0.2, 0.25) is 0 Å². The maximum Gasteiger partial charge on any atom is 0.326 e. The van der Waals surface area contributed by atoms with Crippen LogP contribution in [-0.2, 0) is 19.0 Å². The topological polar surface area (TPSA) is 56.8 Å². The summed E-state index contributed by atoms with van der Waals surface area (Å²) in [7, 11) is 1.75. The first-order valence-corrected chi connectivity index (χ1v) is 6.51. The lowest BCUT2D eigenvalue weighted by Gasteiger charge is -2.26. The van der Waals surface area contributed by atoms with Gasteiger partial charge in [0.25, 0.3) is 0 Å². The lowest BCUT2D eigenvalue weighted by atomic mass is 9.99. The van der Waals surface area contributed by atoms with Gasteiger partial charge < -0.3 is 19.5 Å². The largest absolute Gasteiger partial charge is 0.465 e. The number of carbonyl (C=O) groups is 1. The SMILES string of the molecule is CCOC(=O)C(C)(CCOCCOC(C)C)NC. The summed E-state index contributed by atoms with van der Waals surface area (Å²) in [6.07, 6.45) is 0.792. The van der Waals surface area contributed by atoms with Crippen molar-refractivity contribution in [3.8, 4) is 0 Å². The van der Waals surface area contributed by atoms with Gasteiger partial charge in [-0.25, -0.2) is 0 Å². The Morgan fingerprint density at radius 2 is 1.94 bits per heavy atom. The number of rotatable bonds is 10. The number of nitrogens with one attached hydrogen (secondary N) is 1. The predicted octanol–water partition coefficient (Wildman–Crippen LogP) is 1.36. The second kappa shape index (κ2) is 9.30. The van der Waals surface area contributed by atoms with Gasteiger partial charge in [-0.2, -0.15) is 0 Å². The standard InChI is InChI=1S/C13H27NO4/c1-6-17-12(15)13(4,14-5)7-8-16-9-10-18-11(2)3/h11,14H,6-10H2,1-5H3. The van der Waals surface area contributed by atoms with Crippen LogP contribution in [-0.4, -0.2) is 51.1 Å². The van der Waals surface area contributed by atoms with Crippen molar-refractivity contribution in [3.63, 3.8) is 0 Å². The molecule has 1 N–H and O–H groups in total. The van der Waals surface area contributed by atoms with Crippen molar-refractivity contribution in [3.05, 3.63) is 0 Å². The Hall–Kier alpha value is -0.650. The molecule has 108 valence electrons. The summed E-state index contributed by atoms with van der Waals surface area (Å²) >= 11 is 0. The predicted molar refractivity (Wildman–Crippen MR) is 70.6 cm³/mol. The third-order valence-electron chi connectivity index (χ3n) is 2.70. The fraction of sp³-hybridized carbons (Fsp3) is 0.923. The van der Waals surface area contributed by atoms with Crippen LogP contribution in [0.2, 0.25) is 0 Å². The highest BCUT2D eigenvalue weighted by Crippen LogP contribution is 2.11. The number of likely N-dealkylation sites (N-methyl/N-ethyl adjacent to an activating group) is 1. The molecular formula is C13H27NO4. The van der Waals surface area contributed by atoms with E-state index >= 15 is 0 Å². The monoisotopic (exact) mass is 261 g/mol. The first-order valence-electron chi connectivity index (χ1n) is 6.51. The molecule has 18 heavy (non-hydrogen) atoms. The van der Waals surface area contributed by atoms with Crippen LogP contribution in [0.5, 0.6) is 0 Å². The zero-order chi connectivity index (χ0) is 14.0. The van der Waals surface area contributed by atoms with E-state index in [1.54, 1.807) is 14.0 Å². The van der Waals surface area contributed by atoms with Crippen molar-refractivity contribution in [2.45, 2.75) is 45.8 Å². The molecule has 0 rings (SSSR count). The molecule has 0 spiro atoms. The van der Waals surface area contributed by atoms with Crippen LogP contribution < -0.4 is 5.32 Å². The van der Waals surface area contributed by atoms with Crippen LogP contribution in [0, 0.1) is 0 Å². The number of ether oxygens (including phenoxy) is 3. The third kappa shape index (κ3) is 6.93. The lowest BCUT2D eigenvalue weighted by molar-refractivity contribution is -0.151. The van der Waals surface area contributed by atoms with Crippen molar-refractivity contribution in [1.29, 1.82) is 0 Å². The molecule has 0 radical (unpaired) electrons. The smallest absolute Gasteiger partial charge is 0.326 e. The molecule has 0 saturated carbocycles. The molecule has 5 nitrogen and oxygen atoms in total. The van der Waals surface area contributed by atoms with E-state index in [1.165, 1.54) is 0 Å². The van der Waals surface area contributed by atoms with Crippen molar-refractivity contribution < 1.29 is 19.0 Å². The van der Waals surface area contributed by atoms with E-state index in [0.717, 1.165) is 0 Å². The molecular weight excluding hydrogens is 234 g/mol. The van der Waals surface area contributed by atoms with Gasteiger partial charge in [0.1, 0.15) is 5.54 Å². The van der Waals surface area contributed by atoms with Crippen LogP contribution in [0.3, 0.4) is 0 Å². The Morgan fingerprint density at radius 1 is 1.28 bits per heavy atom. The van der Waals surface area contributed by atoms with Crippen molar-refractivity contribution >= 4 is 5.97 Å². The van der Waals surface area contributed by atoms with Crippen molar-refractivity contribution in [2.75, 3.05) is 33.5 Å². The normalized spacial score (nSPS) is 14.6. The molecule has 0 aromatic carbocycles. The van der Waals surface area contributed by atoms with Crippen LogP contribution in [0.4, 0.5) is 0 Å². The highest BCUT2D eigenvalue weighted by Gasteiger charge is 2.32. The summed E-state index contributed by atoms with van der Waals surface area (Å²) in [4.78, 5) is 11.7. The second-order valence-corrected chi connectivity index (χ2v) is 4.58. The zero-order valence-electron chi connectivity index (χ0n) is 12.2. The molecule has 5 heteroatoms. The van der Waals surface area contributed by atoms with E-state index in [2.05, 4.69) is 5.32 Å². The van der Waals surface area contributed by atoms with E-state index in [-0.39, 0.29) is 12.1 Å². The number of esters is 1. The van der Waals surface area contributed by atoms with Gasteiger partial charge in [0.05, 0.1) is 25.9 Å². The van der Waals surface area contributed by atoms with Gasteiger partial charge in [0.15, 0.2) is 0 Å². The Morgan fingerprint density at radius 3 is 2.44 bits per heavy atom. The van der Waals surface area contributed by atoms with E-state index in [0.29, 0.717) is 32.8 Å². The minimum atomic E-state index is -0.686. The van der Waals surface area contributed by atoms with Gasteiger partial charge in [-0.05, 0) is 41.2 Å². The highest BCUT2D eigenvalue weighted by atomic mass is 16.5. The lowest BCUT2D eigenvalue weighted by Crippen LogP contribution is -2.49. The molecule has 0 saturated heterocycles. The summed E-state index contributed by atoms with van der Waals surface area (Å²) in [5, 5.41) is 2.99. The fourth-order valence-electron chi connectivity index (χ4n) is 1.34. The zero-order valence-corrected chi connectivity index (χ0v) is 12.2. The number of hydrogen-bond acceptors (Lipinski definition) is 5. The van der Waals surface area contributed by atoms with Crippen LogP contribution in [0.25, 0.3) is 0 Å². The van der Waals surface area contributed by atoms with E-state index in [4.69, 9.17) is 14.2 Å². The summed E-state index contributed by atoms with van der Waals surface area (Å²) in [5.74, 6) is -0.241. The molecule has 1 unspecified atom stereocenters. The number of carbonyl (C=O) groups excluding carboxylic acids is 1. The highest BCUT2D eigenvalue weighted by molar-refractivity contribution is 5.80. The van der Waals surface area contributed by atoms with Crippen molar-refractivity contribution in [2.24, 2.45) is 0 Å². The van der Waals surface area contributed by atoms with Gasteiger partial charge in [-0.1, -0.05) is 0 Å². The summed E-state index contributed by atoms with van der Waals surface area (Å²) < 4.78 is 15.8. The Bertz CT molecular complexity index is 233. The van der Waals surface area contributed by atoms with Gasteiger partial charge in [0, 0.05) is 6.61 Å². The molecule has 0 amide bonds. The maximum absolute atomic E-state index is 11.7. The molecule has 0 bridgehead atoms. The molecule has 0 heterocycles. The van der Waals surface area contributed by atoms with E-state index in [1.807, 2.05) is 20.8 Å². The Labute approximate surface area is 110 Å². The summed E-state index contributed by atoms with van der Waals surface area (Å²) in [5.41, 5.74) is -0.686. The molecule has 0 fully saturated rings. The molecule has 0 aromatic rings. The minimum Gasteiger partial charge on any atom is -0.465 e. The van der Waals surface area contributed by atoms with E-state index in [9.17, 15) is 4.79 Å². The summed E-state index contributed by atoms with van der Waals surface area (Å²) in [6.45, 7) is 9.59. The van der Waals surface area contributed by atoms with Gasteiger partial charge >= 0.3 is 5.97 Å². The van der Waals surface area contributed by atoms with Crippen molar-refractivity contribution in [1.82, 2.24) is 5.32 Å². The molecule has 0 aliphatic rings. The minimum absolute atomic E-state index is 0.218. The molecule has 0 aromatic heterocycles. The Kier molecular flexibility index (Phi) is 8.97. The maximum atomic E-state index is 11.7. The van der Waals surface area contributed by atoms with Gasteiger partial charge in [-0.3, -0.25) is 4.79 Å². The average molecular weight is 261 g/mol. The van der Waals surface area contributed by atoms with Gasteiger partial charge in [-0.15, -0.1) is 0 Å². The fourth-order valence-corrected chi connectivity index (χ4v) is 1.34. The Balaban J connectivity index is 3.82. The first kappa shape index (κ1) is 17.4. The number of hydrogen-bond donors (Lipinski definition) is 1. The molecule has 0 aliphatic carbocycles. The molecule has 0 aliphatic heterocycles. The first-order chi connectivity index (χ1) is 8.46. The summed E-state index contributed by atoms with van der Waals surface area (Å²) in [6, 6.07) is 0. The average Bonchev–Trinajstić information content (AvgIpc) is 2.33. The quantitative estimate of drug-likeness (QED) is 0.475. The third-order valence-corrected chi connectivity index (χ3v) is 2.70. The van der Waals surface area contributed by atoms with E-state index < -0.39 is 5.54 Å².